The first-order valence-corrected chi connectivity index (χ1v) is 9.67. The maximum Gasteiger partial charge on any atom is 0.320 e. The van der Waals surface area contributed by atoms with Gasteiger partial charge < -0.3 is 14.5 Å². The van der Waals surface area contributed by atoms with E-state index in [2.05, 4.69) is 0 Å². The fourth-order valence-corrected chi connectivity index (χ4v) is 4.57. The molecule has 0 atom stereocenters. The van der Waals surface area contributed by atoms with Crippen molar-refractivity contribution in [2.45, 2.75) is 4.90 Å². The van der Waals surface area contributed by atoms with Crippen molar-refractivity contribution in [3.05, 3.63) is 29.3 Å². The summed E-state index contributed by atoms with van der Waals surface area (Å²) in [6, 6.07) is 6.19. The number of carbonyl (C=O) groups excluding carboxylic acids is 1. The molecule has 0 unspecified atom stereocenters. The minimum absolute atomic E-state index is 0.0434. The zero-order valence-corrected chi connectivity index (χ0v) is 14.8. The summed E-state index contributed by atoms with van der Waals surface area (Å²) in [5.74, 6) is 0. The molecule has 0 aliphatic carbocycles. The van der Waals surface area contributed by atoms with E-state index in [0.29, 0.717) is 44.4 Å². The number of sulfonamides is 1. The van der Waals surface area contributed by atoms with Crippen molar-refractivity contribution < 1.29 is 17.9 Å². The topological polar surface area (TPSA) is 70.2 Å². The van der Waals surface area contributed by atoms with Crippen LogP contribution in [0.2, 0.25) is 5.02 Å². The van der Waals surface area contributed by atoms with Gasteiger partial charge in [-0.1, -0.05) is 17.7 Å². The monoisotopic (exact) mass is 373 g/mol. The zero-order valence-electron chi connectivity index (χ0n) is 13.2. The van der Waals surface area contributed by atoms with E-state index in [1.54, 1.807) is 21.9 Å². The van der Waals surface area contributed by atoms with Gasteiger partial charge in [0.2, 0.25) is 10.0 Å². The normalized spacial score (nSPS) is 20.2. The number of rotatable bonds is 2. The Morgan fingerprint density at radius 3 is 2.25 bits per heavy atom. The summed E-state index contributed by atoms with van der Waals surface area (Å²) in [7, 11) is -3.58. The maximum absolute atomic E-state index is 12.7. The first-order valence-electron chi connectivity index (χ1n) is 7.86. The minimum Gasteiger partial charge on any atom is -0.378 e. The van der Waals surface area contributed by atoms with E-state index in [9.17, 15) is 13.2 Å². The highest BCUT2D eigenvalue weighted by atomic mass is 35.5. The molecule has 132 valence electrons. The smallest absolute Gasteiger partial charge is 0.320 e. The van der Waals surface area contributed by atoms with Crippen LogP contribution in [0.25, 0.3) is 0 Å². The van der Waals surface area contributed by atoms with Gasteiger partial charge in [0.1, 0.15) is 0 Å². The predicted octanol–water partition coefficient (Wildman–Crippen LogP) is 1.10. The minimum atomic E-state index is -3.58. The number of hydrogen-bond donors (Lipinski definition) is 0. The fourth-order valence-electron chi connectivity index (χ4n) is 2.85. The van der Waals surface area contributed by atoms with Gasteiger partial charge in [-0.2, -0.15) is 4.31 Å². The second-order valence-corrected chi connectivity index (χ2v) is 8.10. The third-order valence-corrected chi connectivity index (χ3v) is 6.35. The van der Waals surface area contributed by atoms with Gasteiger partial charge in [0, 0.05) is 44.3 Å². The van der Waals surface area contributed by atoms with Gasteiger partial charge >= 0.3 is 6.03 Å². The average Bonchev–Trinajstić information content (AvgIpc) is 2.62. The summed E-state index contributed by atoms with van der Waals surface area (Å²) in [6.07, 6.45) is 0. The highest BCUT2D eigenvalue weighted by molar-refractivity contribution is 7.89. The van der Waals surface area contributed by atoms with Gasteiger partial charge in [-0.25, -0.2) is 13.2 Å². The molecule has 1 aromatic rings. The number of ether oxygens (including phenoxy) is 1. The lowest BCUT2D eigenvalue weighted by atomic mass is 10.3. The summed E-state index contributed by atoms with van der Waals surface area (Å²) in [4.78, 5) is 16.1. The highest BCUT2D eigenvalue weighted by Gasteiger charge is 2.32. The van der Waals surface area contributed by atoms with Gasteiger partial charge in [0.05, 0.1) is 18.1 Å². The number of benzene rings is 1. The van der Waals surface area contributed by atoms with E-state index >= 15 is 0 Å². The lowest BCUT2D eigenvalue weighted by Gasteiger charge is -2.38. The van der Waals surface area contributed by atoms with Crippen LogP contribution in [-0.4, -0.2) is 81.0 Å². The Kier molecular flexibility index (Phi) is 5.29. The average molecular weight is 374 g/mol. The summed E-state index contributed by atoms with van der Waals surface area (Å²) in [5.41, 5.74) is 0. The Labute approximate surface area is 146 Å². The molecule has 0 spiro atoms. The van der Waals surface area contributed by atoms with Crippen LogP contribution < -0.4 is 0 Å². The third kappa shape index (κ3) is 3.66. The van der Waals surface area contributed by atoms with E-state index in [4.69, 9.17) is 16.3 Å². The molecular formula is C15H20ClN3O4S. The molecule has 24 heavy (non-hydrogen) atoms. The van der Waals surface area contributed by atoms with Crippen LogP contribution >= 0.6 is 11.6 Å². The molecule has 0 bridgehead atoms. The van der Waals surface area contributed by atoms with Crippen molar-refractivity contribution in [3.63, 3.8) is 0 Å². The molecule has 2 amide bonds. The summed E-state index contributed by atoms with van der Waals surface area (Å²) in [6.45, 7) is 3.60. The van der Waals surface area contributed by atoms with E-state index < -0.39 is 10.0 Å². The number of piperazine rings is 1. The van der Waals surface area contributed by atoms with Gasteiger partial charge in [0.25, 0.3) is 0 Å². The van der Waals surface area contributed by atoms with Crippen LogP contribution in [0.4, 0.5) is 4.79 Å². The summed E-state index contributed by atoms with van der Waals surface area (Å²) < 4.78 is 32.0. The second kappa shape index (κ2) is 7.26. The molecule has 2 saturated heterocycles. The number of morpholine rings is 1. The first-order chi connectivity index (χ1) is 11.5. The van der Waals surface area contributed by atoms with Crippen molar-refractivity contribution in [2.24, 2.45) is 0 Å². The molecular weight excluding hydrogens is 354 g/mol. The Balaban J connectivity index is 1.63. The molecule has 0 saturated carbocycles. The van der Waals surface area contributed by atoms with Gasteiger partial charge in [0.15, 0.2) is 0 Å². The van der Waals surface area contributed by atoms with Crippen LogP contribution in [0.1, 0.15) is 0 Å². The molecule has 0 aromatic heterocycles. The largest absolute Gasteiger partial charge is 0.378 e. The standard InChI is InChI=1S/C15H20ClN3O4S/c16-13-2-1-3-14(12-13)24(21,22)19-6-4-17(5-7-19)15(20)18-8-10-23-11-9-18/h1-3,12H,4-11H2. The Bertz CT molecular complexity index is 698. The number of nitrogens with zero attached hydrogens (tertiary/aromatic N) is 3. The molecule has 2 heterocycles. The predicted molar refractivity (Wildman–Crippen MR) is 89.6 cm³/mol. The third-order valence-electron chi connectivity index (χ3n) is 4.22. The number of hydrogen-bond acceptors (Lipinski definition) is 4. The molecule has 0 radical (unpaired) electrons. The number of carbonyl (C=O) groups is 1. The molecule has 3 rings (SSSR count). The van der Waals surface area contributed by atoms with Crippen molar-refractivity contribution >= 4 is 27.7 Å². The fraction of sp³-hybridized carbons (Fsp3) is 0.533. The molecule has 9 heteroatoms. The SMILES string of the molecule is O=C(N1CCOCC1)N1CCN(S(=O)(=O)c2cccc(Cl)c2)CC1. The molecule has 0 N–H and O–H groups in total. The van der Waals surface area contributed by atoms with Crippen LogP contribution in [0.5, 0.6) is 0 Å². The van der Waals surface area contributed by atoms with E-state index in [0.717, 1.165) is 0 Å². The summed E-state index contributed by atoms with van der Waals surface area (Å²) in [5, 5.41) is 0.386. The van der Waals surface area contributed by atoms with Crippen LogP contribution in [0, 0.1) is 0 Å². The van der Waals surface area contributed by atoms with Crippen molar-refractivity contribution in [1.82, 2.24) is 14.1 Å². The number of amides is 2. The molecule has 1 aromatic carbocycles. The van der Waals surface area contributed by atoms with E-state index in [1.807, 2.05) is 0 Å². The Hall–Kier alpha value is -1.35. The van der Waals surface area contributed by atoms with Crippen LogP contribution in [-0.2, 0) is 14.8 Å². The quantitative estimate of drug-likeness (QED) is 0.778. The van der Waals surface area contributed by atoms with Gasteiger partial charge in [-0.3, -0.25) is 0 Å². The molecule has 2 aliphatic heterocycles. The Morgan fingerprint density at radius 2 is 1.62 bits per heavy atom. The van der Waals surface area contributed by atoms with Gasteiger partial charge in [-0.15, -0.1) is 0 Å². The molecule has 2 aliphatic rings. The maximum atomic E-state index is 12.7. The first kappa shape index (κ1) is 17.5. The van der Waals surface area contributed by atoms with E-state index in [1.165, 1.54) is 16.4 Å². The Morgan fingerprint density at radius 1 is 1.00 bits per heavy atom. The highest BCUT2D eigenvalue weighted by Crippen LogP contribution is 2.21. The summed E-state index contributed by atoms with van der Waals surface area (Å²) >= 11 is 5.89. The van der Waals surface area contributed by atoms with Crippen molar-refractivity contribution in [1.29, 1.82) is 0 Å². The van der Waals surface area contributed by atoms with Crippen LogP contribution in [0.15, 0.2) is 29.2 Å². The zero-order chi connectivity index (χ0) is 17.2. The molecule has 2 fully saturated rings. The van der Waals surface area contributed by atoms with E-state index in [-0.39, 0.29) is 24.0 Å². The number of urea groups is 1. The molecule has 7 nitrogen and oxygen atoms in total. The number of halogens is 1. The van der Waals surface area contributed by atoms with Crippen LogP contribution in [0.3, 0.4) is 0 Å². The van der Waals surface area contributed by atoms with Gasteiger partial charge in [-0.05, 0) is 18.2 Å². The van der Waals surface area contributed by atoms with Crippen molar-refractivity contribution in [3.8, 4) is 0 Å². The lowest BCUT2D eigenvalue weighted by molar-refractivity contribution is 0.0405. The second-order valence-electron chi connectivity index (χ2n) is 5.73. The van der Waals surface area contributed by atoms with Crippen molar-refractivity contribution in [2.75, 3.05) is 52.5 Å². The lowest BCUT2D eigenvalue weighted by Crippen LogP contribution is -2.55.